The third-order valence-corrected chi connectivity index (χ3v) is 4.96. The lowest BCUT2D eigenvalue weighted by Crippen LogP contribution is -2.40. The van der Waals surface area contributed by atoms with E-state index in [0.717, 1.165) is 12.1 Å². The van der Waals surface area contributed by atoms with E-state index in [1.54, 1.807) is 0 Å². The quantitative estimate of drug-likeness (QED) is 0.745. The van der Waals surface area contributed by atoms with E-state index in [0.29, 0.717) is 0 Å². The predicted molar refractivity (Wildman–Crippen MR) is 85.9 cm³/mol. The Labute approximate surface area is 133 Å². The van der Waals surface area contributed by atoms with Crippen molar-refractivity contribution in [2.75, 3.05) is 6.54 Å². The fourth-order valence-electron chi connectivity index (χ4n) is 3.66. The van der Waals surface area contributed by atoms with Crippen molar-refractivity contribution in [2.24, 2.45) is 0 Å². The molecule has 1 atom stereocenters. The maximum absolute atomic E-state index is 10.4. The van der Waals surface area contributed by atoms with Gasteiger partial charge in [0.05, 0.1) is 6.54 Å². The zero-order valence-electron chi connectivity index (χ0n) is 13.5. The van der Waals surface area contributed by atoms with Crippen LogP contribution in [0.1, 0.15) is 70.6 Å². The largest absolute Gasteiger partial charge is 0.480 e. The van der Waals surface area contributed by atoms with Gasteiger partial charge in [-0.25, -0.2) is 0 Å². The SMILES string of the molecule is C1CCC(NC2CCCCC2)CC1.O=C1CNC(C(=O)O)C1. The predicted octanol–water partition coefficient (Wildman–Crippen LogP) is 2.24. The summed E-state index contributed by atoms with van der Waals surface area (Å²) in [4.78, 5) is 20.6. The van der Waals surface area contributed by atoms with E-state index in [4.69, 9.17) is 5.11 Å². The van der Waals surface area contributed by atoms with E-state index in [2.05, 4.69) is 10.6 Å². The van der Waals surface area contributed by atoms with Crippen LogP contribution in [0, 0.1) is 0 Å². The molecule has 5 nitrogen and oxygen atoms in total. The first-order valence-electron chi connectivity index (χ1n) is 8.89. The van der Waals surface area contributed by atoms with Gasteiger partial charge in [-0.15, -0.1) is 0 Å². The van der Waals surface area contributed by atoms with Gasteiger partial charge in [0.2, 0.25) is 0 Å². The lowest BCUT2D eigenvalue weighted by molar-refractivity contribution is -0.139. The average Bonchev–Trinajstić information content (AvgIpc) is 2.97. The molecular formula is C17H30N2O3. The maximum Gasteiger partial charge on any atom is 0.321 e. The third kappa shape index (κ3) is 6.05. The topological polar surface area (TPSA) is 78.4 Å². The Morgan fingerprint density at radius 1 is 0.955 bits per heavy atom. The third-order valence-electron chi connectivity index (χ3n) is 4.96. The molecule has 5 heteroatoms. The highest BCUT2D eigenvalue weighted by Crippen LogP contribution is 2.22. The summed E-state index contributed by atoms with van der Waals surface area (Å²) in [6, 6.07) is 1.10. The fourth-order valence-corrected chi connectivity index (χ4v) is 3.66. The second kappa shape index (κ2) is 9.26. The molecule has 1 heterocycles. The van der Waals surface area contributed by atoms with E-state index in [1.165, 1.54) is 64.2 Å². The molecule has 0 aromatic heterocycles. The van der Waals surface area contributed by atoms with Crippen LogP contribution in [-0.4, -0.2) is 41.5 Å². The summed E-state index contributed by atoms with van der Waals surface area (Å²) < 4.78 is 0. The van der Waals surface area contributed by atoms with Crippen LogP contribution in [0.5, 0.6) is 0 Å². The van der Waals surface area contributed by atoms with Crippen molar-refractivity contribution in [3.8, 4) is 0 Å². The van der Waals surface area contributed by atoms with Gasteiger partial charge in [-0.3, -0.25) is 14.9 Å². The van der Waals surface area contributed by atoms with Crippen molar-refractivity contribution in [2.45, 2.75) is 88.8 Å². The molecule has 2 aliphatic carbocycles. The molecular weight excluding hydrogens is 280 g/mol. The zero-order chi connectivity index (χ0) is 15.8. The van der Waals surface area contributed by atoms with Gasteiger partial charge in [0.25, 0.3) is 0 Å². The summed E-state index contributed by atoms with van der Waals surface area (Å²) in [5.74, 6) is -0.969. The van der Waals surface area contributed by atoms with Gasteiger partial charge >= 0.3 is 5.97 Å². The number of Topliss-reactive ketones (excluding diaryl/α,β-unsaturated/α-hetero) is 1. The Bertz CT molecular complexity index is 345. The van der Waals surface area contributed by atoms with E-state index in [1.807, 2.05) is 0 Å². The molecule has 0 bridgehead atoms. The Morgan fingerprint density at radius 2 is 1.45 bits per heavy atom. The highest BCUT2D eigenvalue weighted by atomic mass is 16.4. The number of rotatable bonds is 3. The van der Waals surface area contributed by atoms with Crippen LogP contribution in [0.3, 0.4) is 0 Å². The smallest absolute Gasteiger partial charge is 0.321 e. The summed E-state index contributed by atoms with van der Waals surface area (Å²) in [6.07, 6.45) is 14.7. The monoisotopic (exact) mass is 310 g/mol. The van der Waals surface area contributed by atoms with Crippen LogP contribution in [0.15, 0.2) is 0 Å². The van der Waals surface area contributed by atoms with Crippen molar-refractivity contribution < 1.29 is 14.7 Å². The number of aliphatic carboxylic acids is 1. The Hall–Kier alpha value is -0.940. The first-order chi connectivity index (χ1) is 10.6. The number of carboxylic acid groups (broad SMARTS) is 1. The first-order valence-corrected chi connectivity index (χ1v) is 8.89. The number of carbonyl (C=O) groups is 2. The van der Waals surface area contributed by atoms with Gasteiger partial charge in [0.1, 0.15) is 11.8 Å². The highest BCUT2D eigenvalue weighted by Gasteiger charge is 2.26. The molecule has 0 amide bonds. The Kier molecular flexibility index (Phi) is 7.33. The fraction of sp³-hybridized carbons (Fsp3) is 0.882. The first kappa shape index (κ1) is 17.4. The minimum absolute atomic E-state index is 0.0256. The molecule has 1 unspecified atom stereocenters. The molecule has 22 heavy (non-hydrogen) atoms. The molecule has 0 aromatic rings. The summed E-state index contributed by atoms with van der Waals surface area (Å²) >= 11 is 0. The van der Waals surface area contributed by atoms with Crippen molar-refractivity contribution in [3.63, 3.8) is 0 Å². The zero-order valence-corrected chi connectivity index (χ0v) is 13.5. The van der Waals surface area contributed by atoms with Gasteiger partial charge in [-0.2, -0.15) is 0 Å². The van der Waals surface area contributed by atoms with Crippen LogP contribution in [-0.2, 0) is 9.59 Å². The van der Waals surface area contributed by atoms with Gasteiger partial charge in [-0.1, -0.05) is 38.5 Å². The lowest BCUT2D eigenvalue weighted by Gasteiger charge is -2.30. The molecule has 3 aliphatic rings. The van der Waals surface area contributed by atoms with E-state index in [9.17, 15) is 9.59 Å². The molecule has 0 radical (unpaired) electrons. The molecule has 3 rings (SSSR count). The second-order valence-electron chi connectivity index (χ2n) is 6.85. The minimum Gasteiger partial charge on any atom is -0.480 e. The van der Waals surface area contributed by atoms with Gasteiger partial charge in [0, 0.05) is 18.5 Å². The molecule has 0 spiro atoms. The molecule has 1 aliphatic heterocycles. The van der Waals surface area contributed by atoms with Crippen LogP contribution in [0.25, 0.3) is 0 Å². The number of carbonyl (C=O) groups excluding carboxylic acids is 1. The van der Waals surface area contributed by atoms with Crippen LogP contribution < -0.4 is 10.6 Å². The Balaban J connectivity index is 0.000000172. The van der Waals surface area contributed by atoms with E-state index >= 15 is 0 Å². The lowest BCUT2D eigenvalue weighted by atomic mass is 9.91. The second-order valence-corrected chi connectivity index (χ2v) is 6.85. The van der Waals surface area contributed by atoms with Crippen LogP contribution >= 0.6 is 0 Å². The summed E-state index contributed by atoms with van der Waals surface area (Å²) in [5, 5.41) is 14.7. The maximum atomic E-state index is 10.4. The molecule has 3 N–H and O–H groups in total. The molecule has 0 aromatic carbocycles. The molecule has 1 saturated heterocycles. The van der Waals surface area contributed by atoms with Gasteiger partial charge < -0.3 is 10.4 Å². The van der Waals surface area contributed by atoms with Crippen molar-refractivity contribution in [1.29, 1.82) is 0 Å². The van der Waals surface area contributed by atoms with E-state index in [-0.39, 0.29) is 18.7 Å². The standard InChI is InChI=1S/C12H23N.C5H7NO3/c1-3-7-11(8-4-1)13-12-9-5-2-6-10-12;7-3-1-4(5(8)9)6-2-3/h11-13H,1-10H2;4,6H,1-2H2,(H,8,9). The number of hydrogen-bond donors (Lipinski definition) is 3. The highest BCUT2D eigenvalue weighted by molar-refractivity contribution is 5.90. The number of ketones is 1. The molecule has 3 fully saturated rings. The average molecular weight is 310 g/mol. The molecule has 2 saturated carbocycles. The van der Waals surface area contributed by atoms with Crippen molar-refractivity contribution in [1.82, 2.24) is 10.6 Å². The number of carboxylic acids is 1. The van der Waals surface area contributed by atoms with E-state index < -0.39 is 12.0 Å². The number of nitrogens with one attached hydrogen (secondary N) is 2. The van der Waals surface area contributed by atoms with Crippen LogP contribution in [0.4, 0.5) is 0 Å². The van der Waals surface area contributed by atoms with Crippen molar-refractivity contribution in [3.05, 3.63) is 0 Å². The summed E-state index contributed by atoms with van der Waals surface area (Å²) in [6.45, 7) is 0.205. The normalized spacial score (nSPS) is 27.3. The van der Waals surface area contributed by atoms with Gasteiger partial charge in [-0.05, 0) is 25.7 Å². The summed E-state index contributed by atoms with van der Waals surface area (Å²) in [7, 11) is 0. The van der Waals surface area contributed by atoms with Crippen LogP contribution in [0.2, 0.25) is 0 Å². The Morgan fingerprint density at radius 3 is 1.77 bits per heavy atom. The van der Waals surface area contributed by atoms with Gasteiger partial charge in [0.15, 0.2) is 0 Å². The minimum atomic E-state index is -0.944. The molecule has 126 valence electrons. The number of hydrogen-bond acceptors (Lipinski definition) is 4. The van der Waals surface area contributed by atoms with Crippen molar-refractivity contribution >= 4 is 11.8 Å². The summed E-state index contributed by atoms with van der Waals surface area (Å²) in [5.41, 5.74) is 0.